The van der Waals surface area contributed by atoms with Gasteiger partial charge in [0, 0.05) is 17.9 Å². The van der Waals surface area contributed by atoms with Crippen LogP contribution in [-0.4, -0.2) is 75.5 Å². The highest BCUT2D eigenvalue weighted by Gasteiger charge is 2.31. The van der Waals surface area contributed by atoms with Crippen molar-refractivity contribution in [2.24, 2.45) is 11.7 Å². The normalized spacial score (nSPS) is 15.0. The van der Waals surface area contributed by atoms with Gasteiger partial charge in [0.1, 0.15) is 18.1 Å². The van der Waals surface area contributed by atoms with Crippen molar-refractivity contribution in [1.29, 1.82) is 0 Å². The molecule has 0 rings (SSSR count). The van der Waals surface area contributed by atoms with Crippen molar-refractivity contribution < 1.29 is 34.2 Å². The zero-order valence-electron chi connectivity index (χ0n) is 16.1. The molecule has 0 aromatic carbocycles. The number of aliphatic carboxylic acids is 2. The summed E-state index contributed by atoms with van der Waals surface area (Å²) in [5.41, 5.74) is 5.58. The number of carbonyl (C=O) groups is 5. The molecule has 0 fully saturated rings. The van der Waals surface area contributed by atoms with Crippen molar-refractivity contribution in [2.45, 2.75) is 50.9 Å². The van der Waals surface area contributed by atoms with Crippen LogP contribution in [0.1, 0.15) is 26.7 Å². The van der Waals surface area contributed by atoms with Gasteiger partial charge in [-0.05, 0) is 12.3 Å². The van der Waals surface area contributed by atoms with Gasteiger partial charge in [-0.3, -0.25) is 19.2 Å². The Kier molecular flexibility index (Phi) is 12.4. The minimum absolute atomic E-state index is 0.0762. The molecule has 0 heterocycles. The van der Waals surface area contributed by atoms with Crippen LogP contribution in [0.3, 0.4) is 0 Å². The van der Waals surface area contributed by atoms with Gasteiger partial charge in [0.05, 0.1) is 6.04 Å². The highest BCUT2D eigenvalue weighted by atomic mass is 32.1. The highest BCUT2D eigenvalue weighted by molar-refractivity contribution is 7.80. The van der Waals surface area contributed by atoms with E-state index in [-0.39, 0.29) is 23.8 Å². The van der Waals surface area contributed by atoms with Crippen LogP contribution < -0.4 is 21.7 Å². The number of amides is 3. The molecule has 0 aliphatic rings. The number of nitrogens with two attached hydrogens (primary N) is 1. The van der Waals surface area contributed by atoms with E-state index < -0.39 is 60.2 Å². The predicted octanol–water partition coefficient (Wildman–Crippen LogP) is -1.77. The van der Waals surface area contributed by atoms with Crippen LogP contribution in [0, 0.1) is 5.92 Å². The molecule has 29 heavy (non-hydrogen) atoms. The maximum Gasteiger partial charge on any atom is 0.326 e. The summed E-state index contributed by atoms with van der Waals surface area (Å²) < 4.78 is 0. The molecule has 11 nitrogen and oxygen atoms in total. The van der Waals surface area contributed by atoms with Crippen LogP contribution in [0.4, 0.5) is 0 Å². The standard InChI is InChI=1S/C16H28N4O7S2/c1-7(2)12(20-13(23)8(17)5-28)15(25)19-10(6-29)14(24)18-9(16(26)27)3-4-11(21)22/h7-10,12,28-29H,3-6,17H2,1-2H3,(H,18,24)(H,19,25)(H,20,23)(H,21,22)(H,26,27). The van der Waals surface area contributed by atoms with Gasteiger partial charge in [-0.15, -0.1) is 0 Å². The van der Waals surface area contributed by atoms with Gasteiger partial charge in [0.15, 0.2) is 0 Å². The Labute approximate surface area is 179 Å². The maximum atomic E-state index is 12.5. The monoisotopic (exact) mass is 452 g/mol. The van der Waals surface area contributed by atoms with Crippen LogP contribution in [0.5, 0.6) is 0 Å². The first-order valence-electron chi connectivity index (χ1n) is 8.77. The molecule has 4 atom stereocenters. The fourth-order valence-electron chi connectivity index (χ4n) is 2.13. The van der Waals surface area contributed by atoms with Gasteiger partial charge in [0.25, 0.3) is 0 Å². The third kappa shape index (κ3) is 9.85. The summed E-state index contributed by atoms with van der Waals surface area (Å²) in [5.74, 6) is -5.13. The van der Waals surface area contributed by atoms with E-state index >= 15 is 0 Å². The molecule has 0 aliphatic heterocycles. The van der Waals surface area contributed by atoms with Gasteiger partial charge < -0.3 is 31.9 Å². The van der Waals surface area contributed by atoms with Gasteiger partial charge in [0.2, 0.25) is 17.7 Å². The van der Waals surface area contributed by atoms with Crippen LogP contribution in [0.25, 0.3) is 0 Å². The second kappa shape index (κ2) is 13.3. The molecule has 7 N–H and O–H groups in total. The van der Waals surface area contributed by atoms with E-state index in [1.165, 1.54) is 0 Å². The molecule has 0 spiro atoms. The number of carboxylic acid groups (broad SMARTS) is 2. The molecular formula is C16H28N4O7S2. The summed E-state index contributed by atoms with van der Waals surface area (Å²) in [5, 5.41) is 24.9. The molecule has 0 radical (unpaired) electrons. The molecule has 13 heteroatoms. The summed E-state index contributed by atoms with van der Waals surface area (Å²) in [7, 11) is 0. The molecule has 166 valence electrons. The molecule has 0 aromatic rings. The van der Waals surface area contributed by atoms with Crippen molar-refractivity contribution in [3.8, 4) is 0 Å². The Hall–Kier alpha value is -1.99. The number of hydrogen-bond donors (Lipinski definition) is 8. The molecule has 0 bridgehead atoms. The Balaban J connectivity index is 5.12. The lowest BCUT2D eigenvalue weighted by Gasteiger charge is -2.26. The predicted molar refractivity (Wildman–Crippen MR) is 111 cm³/mol. The van der Waals surface area contributed by atoms with Crippen LogP contribution in [-0.2, 0) is 24.0 Å². The van der Waals surface area contributed by atoms with Gasteiger partial charge in [-0.1, -0.05) is 13.8 Å². The molecule has 0 aliphatic carbocycles. The summed E-state index contributed by atoms with van der Waals surface area (Å²) in [6, 6.07) is -4.55. The van der Waals surface area contributed by atoms with Crippen molar-refractivity contribution in [1.82, 2.24) is 16.0 Å². The van der Waals surface area contributed by atoms with Crippen LogP contribution in [0.15, 0.2) is 0 Å². The zero-order chi connectivity index (χ0) is 22.7. The SMILES string of the molecule is CC(C)C(NC(=O)C(N)CS)C(=O)NC(CS)C(=O)NC(CCC(=O)O)C(=O)O. The Bertz CT molecular complexity index is 618. The topological polar surface area (TPSA) is 188 Å². The van der Waals surface area contributed by atoms with Gasteiger partial charge in [-0.2, -0.15) is 25.3 Å². The molecule has 0 saturated carbocycles. The van der Waals surface area contributed by atoms with Crippen LogP contribution >= 0.6 is 25.3 Å². The average Bonchev–Trinajstić information content (AvgIpc) is 2.65. The van der Waals surface area contributed by atoms with Gasteiger partial charge >= 0.3 is 11.9 Å². The number of rotatable bonds is 13. The van der Waals surface area contributed by atoms with Crippen molar-refractivity contribution in [2.75, 3.05) is 11.5 Å². The molecule has 0 saturated heterocycles. The van der Waals surface area contributed by atoms with E-state index in [0.717, 1.165) is 0 Å². The van der Waals surface area contributed by atoms with E-state index in [9.17, 15) is 24.0 Å². The van der Waals surface area contributed by atoms with Crippen molar-refractivity contribution >= 4 is 54.9 Å². The smallest absolute Gasteiger partial charge is 0.326 e. The highest BCUT2D eigenvalue weighted by Crippen LogP contribution is 2.05. The first-order chi connectivity index (χ1) is 13.4. The third-order valence-electron chi connectivity index (χ3n) is 3.86. The number of carboxylic acids is 2. The van der Waals surface area contributed by atoms with Crippen LogP contribution in [0.2, 0.25) is 0 Å². The summed E-state index contributed by atoms with van der Waals surface area (Å²) >= 11 is 7.91. The van der Waals surface area contributed by atoms with E-state index in [1.54, 1.807) is 13.8 Å². The quantitative estimate of drug-likeness (QED) is 0.151. The molecule has 0 aromatic heterocycles. The average molecular weight is 453 g/mol. The summed E-state index contributed by atoms with van der Waals surface area (Å²) in [6.45, 7) is 3.36. The van der Waals surface area contributed by atoms with E-state index in [0.29, 0.717) is 0 Å². The van der Waals surface area contributed by atoms with Gasteiger partial charge in [-0.25, -0.2) is 4.79 Å². The maximum absolute atomic E-state index is 12.5. The fraction of sp³-hybridized carbons (Fsp3) is 0.688. The van der Waals surface area contributed by atoms with E-state index in [1.807, 2.05) is 0 Å². The second-order valence-corrected chi connectivity index (χ2v) is 7.33. The zero-order valence-corrected chi connectivity index (χ0v) is 17.9. The number of hydrogen-bond acceptors (Lipinski definition) is 8. The Morgan fingerprint density at radius 3 is 1.83 bits per heavy atom. The van der Waals surface area contributed by atoms with E-state index in [2.05, 4.69) is 41.2 Å². The molecule has 3 amide bonds. The molecular weight excluding hydrogens is 424 g/mol. The van der Waals surface area contributed by atoms with E-state index in [4.69, 9.17) is 15.9 Å². The first kappa shape index (κ1) is 27.0. The van der Waals surface area contributed by atoms with Crippen molar-refractivity contribution in [3.63, 3.8) is 0 Å². The summed E-state index contributed by atoms with van der Waals surface area (Å²) in [6.07, 6.45) is -0.780. The number of nitrogens with one attached hydrogen (secondary N) is 3. The summed E-state index contributed by atoms with van der Waals surface area (Å²) in [4.78, 5) is 58.7. The van der Waals surface area contributed by atoms with Crippen molar-refractivity contribution in [3.05, 3.63) is 0 Å². The largest absolute Gasteiger partial charge is 0.481 e. The second-order valence-electron chi connectivity index (χ2n) is 6.59. The minimum atomic E-state index is -1.44. The lowest BCUT2D eigenvalue weighted by atomic mass is 10.0. The Morgan fingerprint density at radius 1 is 0.862 bits per heavy atom. The number of thiol groups is 2. The third-order valence-corrected chi connectivity index (χ3v) is 4.62. The first-order valence-corrected chi connectivity index (χ1v) is 10.0. The lowest BCUT2D eigenvalue weighted by molar-refractivity contribution is -0.143. The molecule has 4 unspecified atom stereocenters. The number of carbonyl (C=O) groups excluding carboxylic acids is 3. The fourth-order valence-corrected chi connectivity index (χ4v) is 2.55. The minimum Gasteiger partial charge on any atom is -0.481 e. The lowest BCUT2D eigenvalue weighted by Crippen LogP contribution is -2.59. The Morgan fingerprint density at radius 2 is 1.41 bits per heavy atom.